The Hall–Kier alpha value is -2.51. The first-order valence-corrected chi connectivity index (χ1v) is 7.09. The summed E-state index contributed by atoms with van der Waals surface area (Å²) in [5, 5.41) is 6.60. The zero-order valence-electron chi connectivity index (χ0n) is 12.8. The summed E-state index contributed by atoms with van der Waals surface area (Å²) in [5.74, 6) is 1.07. The summed E-state index contributed by atoms with van der Waals surface area (Å²) in [6.45, 7) is 5.76. The molecule has 0 aliphatic rings. The van der Waals surface area contributed by atoms with E-state index in [9.17, 15) is 9.59 Å². The Morgan fingerprint density at radius 2 is 2.18 bits per heavy atom. The molecule has 1 atom stereocenters. The molecule has 0 radical (unpaired) electrons. The van der Waals surface area contributed by atoms with E-state index in [0.29, 0.717) is 17.6 Å². The predicted molar refractivity (Wildman–Crippen MR) is 77.9 cm³/mol. The van der Waals surface area contributed by atoms with E-state index < -0.39 is 11.7 Å². The summed E-state index contributed by atoms with van der Waals surface area (Å²) in [5.41, 5.74) is -0.470. The Balaban J connectivity index is 1.95. The highest BCUT2D eigenvalue weighted by atomic mass is 16.5. The highest BCUT2D eigenvalue weighted by Crippen LogP contribution is 2.11. The number of aromatic nitrogens is 4. The van der Waals surface area contributed by atoms with Crippen LogP contribution < -0.4 is 11.0 Å². The standard InChI is InChI=1S/C14H19N5O3/c1-9(2)7-11-17-13(22-18-11)10(3)16-12(20)8-19-6-4-5-15-14(19)21/h4-6,9-10H,7-8H2,1-3H3,(H,16,20)/t10-/m0/s1. The van der Waals surface area contributed by atoms with Gasteiger partial charge in [0.25, 0.3) is 0 Å². The lowest BCUT2D eigenvalue weighted by atomic mass is 10.1. The molecule has 22 heavy (non-hydrogen) atoms. The van der Waals surface area contributed by atoms with Gasteiger partial charge in [-0.15, -0.1) is 0 Å². The highest BCUT2D eigenvalue weighted by Gasteiger charge is 2.17. The van der Waals surface area contributed by atoms with Gasteiger partial charge < -0.3 is 9.84 Å². The lowest BCUT2D eigenvalue weighted by Crippen LogP contribution is -2.34. The van der Waals surface area contributed by atoms with Crippen molar-refractivity contribution in [2.75, 3.05) is 0 Å². The van der Waals surface area contributed by atoms with Crippen LogP contribution in [-0.2, 0) is 17.8 Å². The Kier molecular flexibility index (Phi) is 5.03. The fourth-order valence-corrected chi connectivity index (χ4v) is 1.90. The SMILES string of the molecule is CC(C)Cc1noc([C@H](C)NC(=O)Cn2cccnc2=O)n1. The molecular formula is C14H19N5O3. The Bertz CT molecular complexity index is 692. The van der Waals surface area contributed by atoms with Crippen molar-refractivity contribution in [3.63, 3.8) is 0 Å². The summed E-state index contributed by atoms with van der Waals surface area (Å²) in [6, 6.07) is 1.17. The van der Waals surface area contributed by atoms with Crippen LogP contribution in [-0.4, -0.2) is 25.6 Å². The maximum atomic E-state index is 11.9. The highest BCUT2D eigenvalue weighted by molar-refractivity contribution is 5.76. The van der Waals surface area contributed by atoms with E-state index in [1.165, 1.54) is 17.0 Å². The summed E-state index contributed by atoms with van der Waals surface area (Å²) in [7, 11) is 0. The molecule has 0 aromatic carbocycles. The minimum atomic E-state index is -0.470. The number of carbonyl (C=O) groups excluding carboxylic acids is 1. The Morgan fingerprint density at radius 1 is 1.41 bits per heavy atom. The van der Waals surface area contributed by atoms with Gasteiger partial charge in [-0.3, -0.25) is 9.36 Å². The van der Waals surface area contributed by atoms with Crippen LogP contribution in [0.15, 0.2) is 27.8 Å². The average Bonchev–Trinajstić information content (AvgIpc) is 2.89. The van der Waals surface area contributed by atoms with Gasteiger partial charge in [-0.1, -0.05) is 19.0 Å². The molecular weight excluding hydrogens is 286 g/mol. The van der Waals surface area contributed by atoms with Crippen molar-refractivity contribution in [2.45, 2.75) is 39.8 Å². The van der Waals surface area contributed by atoms with Crippen molar-refractivity contribution in [1.82, 2.24) is 25.0 Å². The fourth-order valence-electron chi connectivity index (χ4n) is 1.90. The van der Waals surface area contributed by atoms with Crippen molar-refractivity contribution in [3.05, 3.63) is 40.7 Å². The molecule has 2 rings (SSSR count). The van der Waals surface area contributed by atoms with Crippen LogP contribution in [0.25, 0.3) is 0 Å². The molecule has 0 unspecified atom stereocenters. The average molecular weight is 305 g/mol. The molecule has 0 saturated carbocycles. The molecule has 0 spiro atoms. The molecule has 8 heteroatoms. The summed E-state index contributed by atoms with van der Waals surface area (Å²) >= 11 is 0. The normalized spacial score (nSPS) is 12.4. The number of nitrogens with one attached hydrogen (secondary N) is 1. The van der Waals surface area contributed by atoms with Crippen LogP contribution >= 0.6 is 0 Å². The van der Waals surface area contributed by atoms with Gasteiger partial charge in [0, 0.05) is 18.8 Å². The maximum absolute atomic E-state index is 11.9. The number of amides is 1. The Labute approximate surface area is 127 Å². The third kappa shape index (κ3) is 4.24. The number of carbonyl (C=O) groups is 1. The van der Waals surface area contributed by atoms with E-state index in [4.69, 9.17) is 4.52 Å². The van der Waals surface area contributed by atoms with Gasteiger partial charge in [0.15, 0.2) is 5.82 Å². The smallest absolute Gasteiger partial charge is 0.343 e. The van der Waals surface area contributed by atoms with Crippen LogP contribution in [0, 0.1) is 5.92 Å². The summed E-state index contributed by atoms with van der Waals surface area (Å²) < 4.78 is 6.37. The Morgan fingerprint density at radius 3 is 2.86 bits per heavy atom. The van der Waals surface area contributed by atoms with Crippen molar-refractivity contribution < 1.29 is 9.32 Å². The van der Waals surface area contributed by atoms with Crippen molar-refractivity contribution in [2.24, 2.45) is 5.92 Å². The molecule has 1 amide bonds. The molecule has 2 heterocycles. The van der Waals surface area contributed by atoms with Gasteiger partial charge in [-0.25, -0.2) is 9.78 Å². The van der Waals surface area contributed by atoms with E-state index in [-0.39, 0.29) is 12.5 Å². The van der Waals surface area contributed by atoms with Crippen LogP contribution in [0.2, 0.25) is 0 Å². The van der Waals surface area contributed by atoms with Crippen molar-refractivity contribution in [1.29, 1.82) is 0 Å². The molecule has 0 bridgehead atoms. The van der Waals surface area contributed by atoms with Crippen molar-refractivity contribution >= 4 is 5.91 Å². The molecule has 8 nitrogen and oxygen atoms in total. The van der Waals surface area contributed by atoms with Gasteiger partial charge in [0.1, 0.15) is 12.6 Å². The van der Waals surface area contributed by atoms with Crippen molar-refractivity contribution in [3.8, 4) is 0 Å². The van der Waals surface area contributed by atoms with E-state index >= 15 is 0 Å². The quantitative estimate of drug-likeness (QED) is 0.842. The zero-order chi connectivity index (χ0) is 16.1. The lowest BCUT2D eigenvalue weighted by Gasteiger charge is -2.10. The minimum absolute atomic E-state index is 0.107. The number of rotatable bonds is 6. The molecule has 0 fully saturated rings. The van der Waals surface area contributed by atoms with E-state index in [0.717, 1.165) is 6.42 Å². The molecule has 2 aromatic rings. The summed E-state index contributed by atoms with van der Waals surface area (Å²) in [6.07, 6.45) is 3.61. The monoisotopic (exact) mass is 305 g/mol. The molecule has 2 aromatic heterocycles. The lowest BCUT2D eigenvalue weighted by molar-refractivity contribution is -0.122. The second-order valence-electron chi connectivity index (χ2n) is 5.47. The van der Waals surface area contributed by atoms with Crippen LogP contribution in [0.5, 0.6) is 0 Å². The molecule has 0 saturated heterocycles. The second-order valence-corrected chi connectivity index (χ2v) is 5.47. The third-order valence-corrected chi connectivity index (χ3v) is 2.92. The first-order chi connectivity index (χ1) is 10.5. The van der Waals surface area contributed by atoms with E-state index in [1.807, 2.05) is 0 Å². The topological polar surface area (TPSA) is 103 Å². The number of hydrogen-bond donors (Lipinski definition) is 1. The van der Waals surface area contributed by atoms with Gasteiger partial charge in [-0.05, 0) is 18.9 Å². The predicted octanol–water partition coefficient (Wildman–Crippen LogP) is 0.702. The van der Waals surface area contributed by atoms with Gasteiger partial charge in [0.2, 0.25) is 11.8 Å². The first kappa shape index (κ1) is 15.9. The van der Waals surface area contributed by atoms with Gasteiger partial charge in [-0.2, -0.15) is 4.98 Å². The van der Waals surface area contributed by atoms with E-state index in [1.54, 1.807) is 13.0 Å². The third-order valence-electron chi connectivity index (χ3n) is 2.92. The second kappa shape index (κ2) is 6.97. The maximum Gasteiger partial charge on any atom is 0.347 e. The molecule has 118 valence electrons. The zero-order valence-corrected chi connectivity index (χ0v) is 12.8. The fraction of sp³-hybridized carbons (Fsp3) is 0.500. The number of nitrogens with zero attached hydrogens (tertiary/aromatic N) is 4. The van der Waals surface area contributed by atoms with Gasteiger partial charge in [0.05, 0.1) is 0 Å². The minimum Gasteiger partial charge on any atom is -0.343 e. The molecule has 0 aliphatic heterocycles. The van der Waals surface area contributed by atoms with Crippen LogP contribution in [0.1, 0.15) is 38.5 Å². The van der Waals surface area contributed by atoms with Crippen LogP contribution in [0.4, 0.5) is 0 Å². The molecule has 1 N–H and O–H groups in total. The van der Waals surface area contributed by atoms with E-state index in [2.05, 4.69) is 34.3 Å². The van der Waals surface area contributed by atoms with Gasteiger partial charge >= 0.3 is 5.69 Å². The largest absolute Gasteiger partial charge is 0.347 e. The number of hydrogen-bond acceptors (Lipinski definition) is 6. The first-order valence-electron chi connectivity index (χ1n) is 7.09. The molecule has 0 aliphatic carbocycles. The summed E-state index contributed by atoms with van der Waals surface area (Å²) in [4.78, 5) is 31.2. The van der Waals surface area contributed by atoms with Crippen LogP contribution in [0.3, 0.4) is 0 Å².